The molecule has 1 unspecified atom stereocenters. The average molecular weight is 425 g/mol. The molecule has 1 heterocycles. The van der Waals surface area contributed by atoms with Crippen molar-refractivity contribution < 1.29 is 19.2 Å². The fourth-order valence-electron chi connectivity index (χ4n) is 2.53. The summed E-state index contributed by atoms with van der Waals surface area (Å²) in [6, 6.07) is 11.8. The van der Waals surface area contributed by atoms with Crippen molar-refractivity contribution in [3.63, 3.8) is 0 Å². The van der Waals surface area contributed by atoms with E-state index in [1.165, 1.54) is 17.0 Å². The molecule has 0 aliphatic carbocycles. The van der Waals surface area contributed by atoms with Crippen molar-refractivity contribution in [1.82, 2.24) is 14.8 Å². The molecule has 0 spiro atoms. The van der Waals surface area contributed by atoms with Crippen molar-refractivity contribution in [2.24, 2.45) is 0 Å². The number of carbonyl (C=O) groups is 1. The zero-order valence-electron chi connectivity index (χ0n) is 16.8. The van der Waals surface area contributed by atoms with Crippen LogP contribution in [0.1, 0.15) is 18.0 Å². The summed E-state index contributed by atoms with van der Waals surface area (Å²) in [5.41, 5.74) is 1.03. The molecule has 9 nitrogen and oxygen atoms in total. The Morgan fingerprint density at radius 1 is 1.14 bits per heavy atom. The lowest BCUT2D eigenvalue weighted by Gasteiger charge is -2.24. The first-order valence-corrected chi connectivity index (χ1v) is 8.67. The van der Waals surface area contributed by atoms with Crippen LogP contribution < -0.4 is 9.47 Å². The maximum atomic E-state index is 11.6. The van der Waals surface area contributed by atoms with Gasteiger partial charge in [-0.1, -0.05) is 12.1 Å². The molecular weight excluding hydrogens is 400 g/mol. The number of nitro groups is 1. The predicted octanol–water partition coefficient (Wildman–Crippen LogP) is 3.54. The number of pyridine rings is 1. The van der Waals surface area contributed by atoms with E-state index in [4.69, 9.17) is 9.47 Å². The largest absolute Gasteiger partial charge is 0.459 e. The number of benzene rings is 1. The number of rotatable bonds is 8. The van der Waals surface area contributed by atoms with E-state index in [0.29, 0.717) is 18.8 Å². The highest BCUT2D eigenvalue weighted by Crippen LogP contribution is 2.25. The predicted molar refractivity (Wildman–Crippen MR) is 111 cm³/mol. The standard InChI is InChI=1S/C19H24N4O5.ClH/c1-21(2)16(12-13-27-18-7-5-6-17(20-18)23(25)26)14-8-10-15(11-9-14)28-19(24)22(3)4;/h5-11,16H,12-13H2,1-4H3;1H. The van der Waals surface area contributed by atoms with Crippen LogP contribution in [-0.2, 0) is 0 Å². The second-order valence-electron chi connectivity index (χ2n) is 6.54. The minimum Gasteiger partial charge on any atom is -0.459 e. The van der Waals surface area contributed by atoms with E-state index in [-0.39, 0.29) is 30.1 Å². The average Bonchev–Trinajstić information content (AvgIpc) is 2.66. The van der Waals surface area contributed by atoms with Gasteiger partial charge in [-0.05, 0) is 42.8 Å². The van der Waals surface area contributed by atoms with Crippen LogP contribution in [0.2, 0.25) is 0 Å². The SMILES string of the molecule is CN(C)C(=O)Oc1ccc(C(CCOc2cccc([N+](=O)[O-])n2)N(C)C)cc1.Cl. The van der Waals surface area contributed by atoms with Gasteiger partial charge < -0.3 is 29.4 Å². The van der Waals surface area contributed by atoms with Gasteiger partial charge in [-0.3, -0.25) is 0 Å². The molecule has 2 aromatic rings. The van der Waals surface area contributed by atoms with E-state index < -0.39 is 11.0 Å². The van der Waals surface area contributed by atoms with Crippen molar-refractivity contribution in [1.29, 1.82) is 0 Å². The summed E-state index contributed by atoms with van der Waals surface area (Å²) in [4.78, 5) is 29.1. The van der Waals surface area contributed by atoms with Crippen molar-refractivity contribution >= 4 is 24.3 Å². The molecule has 1 aromatic heterocycles. The Hall–Kier alpha value is -2.91. The number of carbonyl (C=O) groups excluding carboxylic acids is 1. The Balaban J connectivity index is 0.00000420. The van der Waals surface area contributed by atoms with Crippen LogP contribution in [0.25, 0.3) is 0 Å². The van der Waals surface area contributed by atoms with Crippen molar-refractivity contribution in [2.75, 3.05) is 34.8 Å². The van der Waals surface area contributed by atoms with Crippen molar-refractivity contribution in [2.45, 2.75) is 12.5 Å². The molecule has 10 heteroatoms. The van der Waals surface area contributed by atoms with E-state index in [1.54, 1.807) is 32.3 Å². The van der Waals surface area contributed by atoms with E-state index in [9.17, 15) is 14.9 Å². The fraction of sp³-hybridized carbons (Fsp3) is 0.368. The van der Waals surface area contributed by atoms with Gasteiger partial charge in [-0.15, -0.1) is 12.4 Å². The van der Waals surface area contributed by atoms with Gasteiger partial charge in [0, 0.05) is 43.7 Å². The Labute approximate surface area is 175 Å². The first-order valence-electron chi connectivity index (χ1n) is 8.67. The molecule has 1 atom stereocenters. The molecule has 29 heavy (non-hydrogen) atoms. The third-order valence-electron chi connectivity index (χ3n) is 4.00. The third-order valence-corrected chi connectivity index (χ3v) is 4.00. The Kier molecular flexibility index (Phi) is 9.30. The van der Waals surface area contributed by atoms with Gasteiger partial charge in [-0.25, -0.2) is 4.79 Å². The van der Waals surface area contributed by atoms with Gasteiger partial charge in [0.25, 0.3) is 0 Å². The number of amides is 1. The van der Waals surface area contributed by atoms with E-state index in [1.807, 2.05) is 31.1 Å². The van der Waals surface area contributed by atoms with Gasteiger partial charge in [-0.2, -0.15) is 0 Å². The van der Waals surface area contributed by atoms with Crippen LogP contribution in [0.4, 0.5) is 10.6 Å². The highest BCUT2D eigenvalue weighted by molar-refractivity contribution is 5.85. The fourth-order valence-corrected chi connectivity index (χ4v) is 2.53. The number of ether oxygens (including phenoxy) is 2. The zero-order valence-corrected chi connectivity index (χ0v) is 17.6. The Bertz CT molecular complexity index is 815. The number of hydrogen-bond acceptors (Lipinski definition) is 7. The topological polar surface area (TPSA) is 98.0 Å². The zero-order chi connectivity index (χ0) is 20.7. The molecule has 1 amide bonds. The van der Waals surface area contributed by atoms with Gasteiger partial charge in [0.2, 0.25) is 0 Å². The van der Waals surface area contributed by atoms with Crippen LogP contribution in [0.15, 0.2) is 42.5 Å². The number of hydrogen-bond donors (Lipinski definition) is 0. The Morgan fingerprint density at radius 3 is 2.34 bits per heavy atom. The van der Waals surface area contributed by atoms with Crippen molar-refractivity contribution in [3.05, 3.63) is 58.1 Å². The monoisotopic (exact) mass is 424 g/mol. The van der Waals surface area contributed by atoms with Gasteiger partial charge in [0.15, 0.2) is 0 Å². The highest BCUT2D eigenvalue weighted by Gasteiger charge is 2.16. The quantitative estimate of drug-likeness (QED) is 0.472. The summed E-state index contributed by atoms with van der Waals surface area (Å²) in [6.07, 6.45) is 0.212. The molecule has 0 N–H and O–H groups in total. The van der Waals surface area contributed by atoms with Crippen LogP contribution in [0.3, 0.4) is 0 Å². The molecular formula is C19H25ClN4O5. The molecule has 1 aromatic carbocycles. The summed E-state index contributed by atoms with van der Waals surface area (Å²) < 4.78 is 10.8. The molecule has 0 saturated carbocycles. The maximum Gasteiger partial charge on any atom is 0.414 e. The third kappa shape index (κ3) is 7.20. The van der Waals surface area contributed by atoms with Crippen LogP contribution in [0, 0.1) is 10.1 Å². The molecule has 0 saturated heterocycles. The molecule has 0 aliphatic rings. The van der Waals surface area contributed by atoms with E-state index >= 15 is 0 Å². The second kappa shape index (κ2) is 11.2. The summed E-state index contributed by atoms with van der Waals surface area (Å²) >= 11 is 0. The summed E-state index contributed by atoms with van der Waals surface area (Å²) in [5, 5.41) is 10.8. The second-order valence-corrected chi connectivity index (χ2v) is 6.54. The molecule has 0 bridgehead atoms. The molecule has 0 aliphatic heterocycles. The summed E-state index contributed by atoms with van der Waals surface area (Å²) in [7, 11) is 7.15. The van der Waals surface area contributed by atoms with Gasteiger partial charge >= 0.3 is 17.8 Å². The molecule has 0 fully saturated rings. The minimum atomic E-state index is -0.555. The number of aromatic nitrogens is 1. The smallest absolute Gasteiger partial charge is 0.414 e. The van der Waals surface area contributed by atoms with E-state index in [0.717, 1.165) is 5.56 Å². The van der Waals surface area contributed by atoms with Crippen LogP contribution in [0.5, 0.6) is 11.6 Å². The lowest BCUT2D eigenvalue weighted by Crippen LogP contribution is -2.25. The van der Waals surface area contributed by atoms with Gasteiger partial charge in [0.05, 0.1) is 6.61 Å². The molecule has 2 rings (SSSR count). The first kappa shape index (κ1) is 24.1. The van der Waals surface area contributed by atoms with Crippen LogP contribution >= 0.6 is 12.4 Å². The lowest BCUT2D eigenvalue weighted by atomic mass is 10.0. The minimum absolute atomic E-state index is 0. The normalized spacial score (nSPS) is 11.3. The summed E-state index contributed by atoms with van der Waals surface area (Å²) in [5.74, 6) is 0.444. The van der Waals surface area contributed by atoms with Gasteiger partial charge in [0.1, 0.15) is 5.75 Å². The highest BCUT2D eigenvalue weighted by atomic mass is 35.5. The maximum absolute atomic E-state index is 11.6. The first-order chi connectivity index (χ1) is 13.3. The Morgan fingerprint density at radius 2 is 1.79 bits per heavy atom. The lowest BCUT2D eigenvalue weighted by molar-refractivity contribution is -0.389. The molecule has 0 radical (unpaired) electrons. The summed E-state index contributed by atoms with van der Waals surface area (Å²) in [6.45, 7) is 0.342. The van der Waals surface area contributed by atoms with Crippen LogP contribution in [-0.4, -0.2) is 60.6 Å². The molecule has 158 valence electrons. The number of nitrogens with zero attached hydrogens (tertiary/aromatic N) is 4. The number of halogens is 1. The van der Waals surface area contributed by atoms with Crippen molar-refractivity contribution in [3.8, 4) is 11.6 Å². The van der Waals surface area contributed by atoms with E-state index in [2.05, 4.69) is 4.98 Å².